The van der Waals surface area contributed by atoms with Crippen LogP contribution in [0.1, 0.15) is 41.0 Å². The molecule has 0 saturated heterocycles. The first-order valence-electron chi connectivity index (χ1n) is 9.54. The summed E-state index contributed by atoms with van der Waals surface area (Å²) in [4.78, 5) is 39.3. The zero-order chi connectivity index (χ0) is 20.1. The molecule has 0 saturated carbocycles. The minimum absolute atomic E-state index is 0.190. The van der Waals surface area contributed by atoms with E-state index in [9.17, 15) is 14.4 Å². The van der Waals surface area contributed by atoms with Crippen molar-refractivity contribution in [3.8, 4) is 0 Å². The van der Waals surface area contributed by atoms with E-state index in [4.69, 9.17) is 0 Å². The molecule has 6 nitrogen and oxygen atoms in total. The minimum atomic E-state index is -0.825. The van der Waals surface area contributed by atoms with Gasteiger partial charge in [-0.25, -0.2) is 0 Å². The molecule has 2 N–H and O–H groups in total. The summed E-state index contributed by atoms with van der Waals surface area (Å²) in [5.41, 5.74) is 1.75. The predicted molar refractivity (Wildman–Crippen MR) is 108 cm³/mol. The molecule has 3 rings (SSSR count). The van der Waals surface area contributed by atoms with Gasteiger partial charge in [0.15, 0.2) is 0 Å². The number of amides is 3. The van der Waals surface area contributed by atoms with Gasteiger partial charge in [0.05, 0.1) is 11.1 Å². The van der Waals surface area contributed by atoms with E-state index in [1.807, 2.05) is 44.2 Å². The average Bonchev–Trinajstić information content (AvgIpc) is 2.94. The molecule has 1 aliphatic heterocycles. The highest BCUT2D eigenvalue weighted by molar-refractivity contribution is 6.22. The number of para-hydroxylation sites is 1. The fraction of sp³-hybridized carbons (Fsp3) is 0.318. The number of hydrogen-bond acceptors (Lipinski definition) is 4. The molecule has 0 spiro atoms. The van der Waals surface area contributed by atoms with Crippen LogP contribution in [0.25, 0.3) is 0 Å². The lowest BCUT2D eigenvalue weighted by Gasteiger charge is -2.28. The lowest BCUT2D eigenvalue weighted by molar-refractivity contribution is -0.126. The molecule has 3 amide bonds. The molecule has 0 radical (unpaired) electrons. The van der Waals surface area contributed by atoms with Gasteiger partial charge in [-0.2, -0.15) is 0 Å². The van der Waals surface area contributed by atoms with Crippen molar-refractivity contribution in [3.05, 3.63) is 65.7 Å². The first kappa shape index (κ1) is 19.6. The quantitative estimate of drug-likeness (QED) is 0.546. The molecule has 28 heavy (non-hydrogen) atoms. The van der Waals surface area contributed by atoms with Crippen molar-refractivity contribution in [1.82, 2.24) is 10.2 Å². The Hall–Kier alpha value is -3.15. The highest BCUT2D eigenvalue weighted by Gasteiger charge is 2.43. The van der Waals surface area contributed by atoms with Gasteiger partial charge in [-0.05, 0) is 36.6 Å². The van der Waals surface area contributed by atoms with Gasteiger partial charge in [0.25, 0.3) is 11.8 Å². The standard InChI is InChI=1S/C22H25N3O3/c1-15(2)19(25-21(27)17-11-6-7-12-18(17)22(25)28)20(26)24-14-8-13-23-16-9-4-3-5-10-16/h3-7,9-12,15,19,23H,8,13-14H2,1-2H3,(H,24,26). The van der Waals surface area contributed by atoms with E-state index in [1.54, 1.807) is 24.3 Å². The van der Waals surface area contributed by atoms with Crippen LogP contribution < -0.4 is 10.6 Å². The van der Waals surface area contributed by atoms with Crippen molar-refractivity contribution >= 4 is 23.4 Å². The Morgan fingerprint density at radius 1 is 0.893 bits per heavy atom. The van der Waals surface area contributed by atoms with E-state index in [0.717, 1.165) is 17.0 Å². The van der Waals surface area contributed by atoms with Crippen LogP contribution in [0.4, 0.5) is 5.69 Å². The maximum atomic E-state index is 12.8. The number of rotatable bonds is 8. The number of carbonyl (C=O) groups is 3. The summed E-state index contributed by atoms with van der Waals surface area (Å²) < 4.78 is 0. The van der Waals surface area contributed by atoms with Gasteiger partial charge in [-0.3, -0.25) is 19.3 Å². The highest BCUT2D eigenvalue weighted by atomic mass is 16.2. The lowest BCUT2D eigenvalue weighted by Crippen LogP contribution is -2.52. The number of hydrogen-bond donors (Lipinski definition) is 2. The van der Waals surface area contributed by atoms with E-state index >= 15 is 0 Å². The number of nitrogens with zero attached hydrogens (tertiary/aromatic N) is 1. The first-order valence-corrected chi connectivity index (χ1v) is 9.54. The molecule has 1 aliphatic rings. The molecule has 146 valence electrons. The fourth-order valence-electron chi connectivity index (χ4n) is 3.37. The zero-order valence-electron chi connectivity index (χ0n) is 16.1. The fourth-order valence-corrected chi connectivity index (χ4v) is 3.37. The van der Waals surface area contributed by atoms with E-state index in [2.05, 4.69) is 10.6 Å². The minimum Gasteiger partial charge on any atom is -0.385 e. The first-order chi connectivity index (χ1) is 13.5. The third kappa shape index (κ3) is 4.06. The van der Waals surface area contributed by atoms with Crippen molar-refractivity contribution in [2.45, 2.75) is 26.3 Å². The summed E-state index contributed by atoms with van der Waals surface area (Å²) >= 11 is 0. The monoisotopic (exact) mass is 379 g/mol. The van der Waals surface area contributed by atoms with E-state index in [1.165, 1.54) is 0 Å². The van der Waals surface area contributed by atoms with Gasteiger partial charge < -0.3 is 10.6 Å². The van der Waals surface area contributed by atoms with Crippen LogP contribution in [0.2, 0.25) is 0 Å². The number of nitrogens with one attached hydrogen (secondary N) is 2. The van der Waals surface area contributed by atoms with Crippen LogP contribution in [0, 0.1) is 5.92 Å². The predicted octanol–water partition coefficient (Wildman–Crippen LogP) is 2.93. The molecule has 1 atom stereocenters. The van der Waals surface area contributed by atoms with Crippen molar-refractivity contribution in [2.75, 3.05) is 18.4 Å². The summed E-state index contributed by atoms with van der Waals surface area (Å²) in [5.74, 6) is -1.30. The average molecular weight is 379 g/mol. The molecular formula is C22H25N3O3. The number of benzene rings is 2. The number of anilines is 1. The summed E-state index contributed by atoms with van der Waals surface area (Å²) in [6.07, 6.45) is 0.730. The van der Waals surface area contributed by atoms with E-state index < -0.39 is 17.9 Å². The van der Waals surface area contributed by atoms with Crippen molar-refractivity contribution in [3.63, 3.8) is 0 Å². The van der Waals surface area contributed by atoms with Gasteiger partial charge in [-0.15, -0.1) is 0 Å². The maximum absolute atomic E-state index is 12.8. The zero-order valence-corrected chi connectivity index (χ0v) is 16.1. The normalized spacial score (nSPS) is 14.2. The van der Waals surface area contributed by atoms with Crippen LogP contribution in [0.15, 0.2) is 54.6 Å². The second-order valence-corrected chi connectivity index (χ2v) is 7.15. The summed E-state index contributed by atoms with van der Waals surface area (Å²) in [5, 5.41) is 6.15. The SMILES string of the molecule is CC(C)C(C(=O)NCCCNc1ccccc1)N1C(=O)c2ccccc2C1=O. The second-order valence-electron chi connectivity index (χ2n) is 7.15. The number of fused-ring (bicyclic) bond motifs is 1. The van der Waals surface area contributed by atoms with Crippen LogP contribution in [0.5, 0.6) is 0 Å². The molecule has 0 aromatic heterocycles. The van der Waals surface area contributed by atoms with Crippen LogP contribution in [-0.4, -0.2) is 41.8 Å². The molecule has 2 aromatic rings. The molecule has 2 aromatic carbocycles. The third-order valence-corrected chi connectivity index (χ3v) is 4.76. The Morgan fingerprint density at radius 3 is 2.04 bits per heavy atom. The Balaban J connectivity index is 1.58. The van der Waals surface area contributed by atoms with Crippen molar-refractivity contribution in [2.24, 2.45) is 5.92 Å². The van der Waals surface area contributed by atoms with Gasteiger partial charge in [0.1, 0.15) is 6.04 Å². The topological polar surface area (TPSA) is 78.5 Å². The van der Waals surface area contributed by atoms with Gasteiger partial charge in [0, 0.05) is 18.8 Å². The Labute approximate surface area is 164 Å². The summed E-state index contributed by atoms with van der Waals surface area (Å²) in [6, 6.07) is 15.7. The Kier molecular flexibility index (Phi) is 6.09. The van der Waals surface area contributed by atoms with Gasteiger partial charge in [-0.1, -0.05) is 44.2 Å². The Bertz CT molecular complexity index is 829. The molecule has 0 bridgehead atoms. The highest BCUT2D eigenvalue weighted by Crippen LogP contribution is 2.27. The van der Waals surface area contributed by atoms with E-state index in [0.29, 0.717) is 24.2 Å². The van der Waals surface area contributed by atoms with Crippen LogP contribution in [0.3, 0.4) is 0 Å². The van der Waals surface area contributed by atoms with Crippen LogP contribution >= 0.6 is 0 Å². The van der Waals surface area contributed by atoms with Crippen molar-refractivity contribution < 1.29 is 14.4 Å². The maximum Gasteiger partial charge on any atom is 0.262 e. The van der Waals surface area contributed by atoms with Gasteiger partial charge >= 0.3 is 0 Å². The lowest BCUT2D eigenvalue weighted by atomic mass is 10.0. The molecule has 0 fully saturated rings. The second kappa shape index (κ2) is 8.69. The third-order valence-electron chi connectivity index (χ3n) is 4.76. The molecule has 6 heteroatoms. The molecule has 1 heterocycles. The van der Waals surface area contributed by atoms with Crippen LogP contribution in [-0.2, 0) is 4.79 Å². The molecule has 1 unspecified atom stereocenters. The molecular weight excluding hydrogens is 354 g/mol. The largest absolute Gasteiger partial charge is 0.385 e. The summed E-state index contributed by atoms with van der Waals surface area (Å²) in [6.45, 7) is 4.85. The summed E-state index contributed by atoms with van der Waals surface area (Å²) in [7, 11) is 0. The van der Waals surface area contributed by atoms with Crippen molar-refractivity contribution in [1.29, 1.82) is 0 Å². The Morgan fingerprint density at radius 2 is 1.46 bits per heavy atom. The van der Waals surface area contributed by atoms with Gasteiger partial charge in [0.2, 0.25) is 5.91 Å². The number of carbonyl (C=O) groups excluding carboxylic acids is 3. The number of imide groups is 1. The molecule has 0 aliphatic carbocycles. The smallest absolute Gasteiger partial charge is 0.262 e. The van der Waals surface area contributed by atoms with E-state index in [-0.39, 0.29) is 11.8 Å².